The Balaban J connectivity index is 1.30. The van der Waals surface area contributed by atoms with Gasteiger partial charge in [0.05, 0.1) is 35.1 Å². The summed E-state index contributed by atoms with van der Waals surface area (Å²) in [7, 11) is -2.01. The van der Waals surface area contributed by atoms with Gasteiger partial charge in [-0.25, -0.2) is 18.2 Å². The Kier molecular flexibility index (Phi) is 8.50. The number of rotatable bonds is 10. The average molecular weight is 587 g/mol. The number of sulfone groups is 1. The predicted molar refractivity (Wildman–Crippen MR) is 148 cm³/mol. The maximum Gasteiger partial charge on any atom is 0.338 e. The van der Waals surface area contributed by atoms with Gasteiger partial charge >= 0.3 is 5.97 Å². The topological polar surface area (TPSA) is 130 Å². The van der Waals surface area contributed by atoms with Crippen LogP contribution >= 0.6 is 11.3 Å². The molecule has 2 heterocycles. The third kappa shape index (κ3) is 6.52. The Labute approximate surface area is 236 Å². The molecule has 1 aromatic heterocycles. The monoisotopic (exact) mass is 586 g/mol. The SMILES string of the molecule is COC(=O)c1ccc(Oc2cnc(NC(=O)C(OC3CCOCC3)c3ccc(S(=O)(=O)C4CC4)cc3)s2)cc1C. The molecular weight excluding hydrogens is 556 g/mol. The molecule has 1 amide bonds. The first-order chi connectivity index (χ1) is 19.2. The molecule has 1 saturated carbocycles. The number of esters is 1. The molecule has 5 rings (SSSR count). The molecule has 12 heteroatoms. The minimum Gasteiger partial charge on any atom is -0.465 e. The summed E-state index contributed by atoms with van der Waals surface area (Å²) in [5, 5.41) is 3.25. The highest BCUT2D eigenvalue weighted by molar-refractivity contribution is 7.92. The van der Waals surface area contributed by atoms with Crippen LogP contribution in [0.25, 0.3) is 0 Å². The van der Waals surface area contributed by atoms with Crippen molar-refractivity contribution in [3.63, 3.8) is 0 Å². The van der Waals surface area contributed by atoms with E-state index in [2.05, 4.69) is 10.3 Å². The molecule has 1 unspecified atom stereocenters. The summed E-state index contributed by atoms with van der Waals surface area (Å²) < 4.78 is 47.5. The molecule has 1 N–H and O–H groups in total. The minimum absolute atomic E-state index is 0.175. The Morgan fingerprint density at radius 2 is 1.80 bits per heavy atom. The van der Waals surface area contributed by atoms with Gasteiger partial charge in [0.25, 0.3) is 5.91 Å². The zero-order valence-corrected chi connectivity index (χ0v) is 23.8. The molecule has 1 atom stereocenters. The number of ether oxygens (including phenoxy) is 4. The van der Waals surface area contributed by atoms with Crippen LogP contribution in [-0.4, -0.2) is 57.0 Å². The first kappa shape index (κ1) is 28.2. The van der Waals surface area contributed by atoms with Gasteiger partial charge < -0.3 is 18.9 Å². The van der Waals surface area contributed by atoms with Crippen molar-refractivity contribution in [3.05, 3.63) is 65.4 Å². The van der Waals surface area contributed by atoms with Gasteiger partial charge in [-0.1, -0.05) is 23.5 Å². The summed E-state index contributed by atoms with van der Waals surface area (Å²) in [6, 6.07) is 11.3. The number of carbonyl (C=O) groups is 2. The van der Waals surface area contributed by atoms with Crippen molar-refractivity contribution in [1.82, 2.24) is 4.98 Å². The lowest BCUT2D eigenvalue weighted by Crippen LogP contribution is -2.31. The molecule has 0 spiro atoms. The first-order valence-electron chi connectivity index (χ1n) is 12.9. The van der Waals surface area contributed by atoms with E-state index in [9.17, 15) is 18.0 Å². The maximum absolute atomic E-state index is 13.4. The van der Waals surface area contributed by atoms with Crippen molar-refractivity contribution in [2.45, 2.75) is 55.0 Å². The number of nitrogens with zero attached hydrogens (tertiary/aromatic N) is 1. The molecule has 40 heavy (non-hydrogen) atoms. The summed E-state index contributed by atoms with van der Waals surface area (Å²) >= 11 is 1.14. The highest BCUT2D eigenvalue weighted by Gasteiger charge is 2.37. The van der Waals surface area contributed by atoms with E-state index in [1.54, 1.807) is 49.4 Å². The van der Waals surface area contributed by atoms with Crippen LogP contribution in [0.4, 0.5) is 5.13 Å². The first-order valence-corrected chi connectivity index (χ1v) is 15.3. The zero-order chi connectivity index (χ0) is 28.3. The molecule has 2 aromatic carbocycles. The Bertz CT molecular complexity index is 1480. The lowest BCUT2D eigenvalue weighted by atomic mass is 10.1. The van der Waals surface area contributed by atoms with Crippen molar-refractivity contribution < 1.29 is 37.0 Å². The number of benzene rings is 2. The van der Waals surface area contributed by atoms with E-state index in [0.717, 1.165) is 11.3 Å². The summed E-state index contributed by atoms with van der Waals surface area (Å²) in [6.07, 6.45) is 3.02. The van der Waals surface area contributed by atoms with Gasteiger partial charge in [-0.3, -0.25) is 10.1 Å². The highest BCUT2D eigenvalue weighted by atomic mass is 32.2. The van der Waals surface area contributed by atoms with Gasteiger partial charge in [0.1, 0.15) is 5.75 Å². The second kappa shape index (κ2) is 12.0. The van der Waals surface area contributed by atoms with E-state index in [-0.39, 0.29) is 16.2 Å². The summed E-state index contributed by atoms with van der Waals surface area (Å²) in [5.41, 5.74) is 1.69. The molecule has 3 aromatic rings. The number of hydrogen-bond acceptors (Lipinski definition) is 10. The number of anilines is 1. The van der Waals surface area contributed by atoms with E-state index in [1.807, 2.05) is 0 Å². The molecule has 1 saturated heterocycles. The lowest BCUT2D eigenvalue weighted by molar-refractivity contribution is -0.136. The van der Waals surface area contributed by atoms with Gasteiger partial charge in [0.2, 0.25) is 5.06 Å². The summed E-state index contributed by atoms with van der Waals surface area (Å²) in [4.78, 5) is 29.8. The fraction of sp³-hybridized carbons (Fsp3) is 0.393. The molecule has 2 aliphatic rings. The minimum atomic E-state index is -3.34. The second-order valence-electron chi connectivity index (χ2n) is 9.69. The van der Waals surface area contributed by atoms with Crippen LogP contribution in [0.15, 0.2) is 53.6 Å². The van der Waals surface area contributed by atoms with Crippen LogP contribution < -0.4 is 10.1 Å². The molecule has 212 valence electrons. The molecule has 0 radical (unpaired) electrons. The van der Waals surface area contributed by atoms with Gasteiger partial charge in [-0.2, -0.15) is 0 Å². The van der Waals surface area contributed by atoms with E-state index in [4.69, 9.17) is 18.9 Å². The van der Waals surface area contributed by atoms with Crippen molar-refractivity contribution in [1.29, 1.82) is 0 Å². The third-order valence-electron chi connectivity index (χ3n) is 6.75. The number of methoxy groups -OCH3 is 1. The van der Waals surface area contributed by atoms with Crippen LogP contribution in [0, 0.1) is 6.92 Å². The van der Waals surface area contributed by atoms with Crippen molar-refractivity contribution >= 4 is 38.2 Å². The number of nitrogens with one attached hydrogen (secondary N) is 1. The van der Waals surface area contributed by atoms with Crippen LogP contribution in [0.1, 0.15) is 53.3 Å². The van der Waals surface area contributed by atoms with Crippen molar-refractivity contribution in [2.24, 2.45) is 0 Å². The number of amides is 1. The normalized spacial score (nSPS) is 16.8. The highest BCUT2D eigenvalue weighted by Crippen LogP contribution is 2.35. The maximum atomic E-state index is 13.4. The Morgan fingerprint density at radius 1 is 1.07 bits per heavy atom. The molecule has 2 fully saturated rings. The number of thiazole rings is 1. The Morgan fingerprint density at radius 3 is 2.45 bits per heavy atom. The predicted octanol–water partition coefficient (Wildman–Crippen LogP) is 4.84. The fourth-order valence-electron chi connectivity index (χ4n) is 4.39. The quantitative estimate of drug-likeness (QED) is 0.332. The van der Waals surface area contributed by atoms with Gasteiger partial charge in [-0.05, 0) is 74.1 Å². The Hall–Kier alpha value is -3.32. The standard InChI is InChI=1S/C28H30N2O8S2/c1-17-15-20(5-10-23(17)27(32)35-2)37-24-16-29-28(39-24)30-26(31)25(38-19-11-13-36-14-12-19)18-3-6-21(7-4-18)40(33,34)22-8-9-22/h3-7,10,15-16,19,22,25H,8-9,11-14H2,1-2H3,(H,29,30,31). The van der Waals surface area contributed by atoms with E-state index in [0.29, 0.717) is 71.5 Å². The summed E-state index contributed by atoms with van der Waals surface area (Å²) in [6.45, 7) is 2.87. The number of carbonyl (C=O) groups excluding carboxylic acids is 2. The van der Waals surface area contributed by atoms with Gasteiger partial charge in [0, 0.05) is 13.2 Å². The van der Waals surface area contributed by atoms with E-state index in [1.165, 1.54) is 13.3 Å². The number of hydrogen-bond donors (Lipinski definition) is 1. The van der Waals surface area contributed by atoms with Crippen molar-refractivity contribution in [2.75, 3.05) is 25.6 Å². The van der Waals surface area contributed by atoms with Crippen LogP contribution in [0.5, 0.6) is 10.8 Å². The number of aromatic nitrogens is 1. The molecule has 0 bridgehead atoms. The van der Waals surface area contributed by atoms with Gasteiger partial charge in [0.15, 0.2) is 21.1 Å². The third-order valence-corrected chi connectivity index (χ3v) is 9.81. The molecule has 1 aliphatic heterocycles. The zero-order valence-electron chi connectivity index (χ0n) is 22.1. The average Bonchev–Trinajstić information content (AvgIpc) is 3.74. The second-order valence-corrected chi connectivity index (χ2v) is 12.9. The van der Waals surface area contributed by atoms with Crippen LogP contribution in [0.3, 0.4) is 0 Å². The molecule has 1 aliphatic carbocycles. The van der Waals surface area contributed by atoms with Crippen LogP contribution in [-0.2, 0) is 28.8 Å². The smallest absolute Gasteiger partial charge is 0.338 e. The van der Waals surface area contributed by atoms with Crippen LogP contribution in [0.2, 0.25) is 0 Å². The largest absolute Gasteiger partial charge is 0.465 e. The lowest BCUT2D eigenvalue weighted by Gasteiger charge is -2.27. The van der Waals surface area contributed by atoms with E-state index >= 15 is 0 Å². The number of aryl methyl sites for hydroxylation is 1. The fourth-order valence-corrected chi connectivity index (χ4v) is 6.74. The molecular formula is C28H30N2O8S2. The van der Waals surface area contributed by atoms with Crippen molar-refractivity contribution in [3.8, 4) is 10.8 Å². The van der Waals surface area contributed by atoms with E-state index < -0.39 is 27.8 Å². The molecule has 10 nitrogen and oxygen atoms in total. The summed E-state index contributed by atoms with van der Waals surface area (Å²) in [5.74, 6) is -0.347. The van der Waals surface area contributed by atoms with Gasteiger partial charge in [-0.15, -0.1) is 0 Å².